The van der Waals surface area contributed by atoms with Crippen LogP contribution in [-0.2, 0) is 16.1 Å². The number of aliphatic hydroxyl groups excluding tert-OH is 1. The number of benzene rings is 1. The van der Waals surface area contributed by atoms with Crippen LogP contribution in [0.3, 0.4) is 0 Å². The van der Waals surface area contributed by atoms with Gasteiger partial charge in [0.1, 0.15) is 12.2 Å². The third-order valence-electron chi connectivity index (χ3n) is 5.34. The molecule has 0 aliphatic heterocycles. The van der Waals surface area contributed by atoms with Gasteiger partial charge in [-0.05, 0) is 25.0 Å². The fourth-order valence-electron chi connectivity index (χ4n) is 3.43. The summed E-state index contributed by atoms with van der Waals surface area (Å²) < 4.78 is 27.7. The van der Waals surface area contributed by atoms with Gasteiger partial charge in [-0.3, -0.25) is 14.4 Å². The number of amides is 3. The zero-order chi connectivity index (χ0) is 28.9. The molecular weight excluding hydrogens is 482 g/mol. The van der Waals surface area contributed by atoms with Crippen molar-refractivity contribution in [2.24, 2.45) is 5.92 Å². The Bertz CT molecular complexity index is 1410. The molecule has 5 N–H and O–H groups in total. The van der Waals surface area contributed by atoms with E-state index in [1.54, 1.807) is 18.2 Å². The van der Waals surface area contributed by atoms with Crippen molar-refractivity contribution in [3.05, 3.63) is 36.2 Å². The number of carbonyl (C=O) groups is 3. The molecule has 14 heteroatoms. The van der Waals surface area contributed by atoms with Crippen LogP contribution in [0.15, 0.2) is 30.5 Å². The molecule has 0 saturated heterocycles. The van der Waals surface area contributed by atoms with E-state index < -0.39 is 12.9 Å². The Kier molecular flexibility index (Phi) is 6.70. The molecule has 37 heavy (non-hydrogen) atoms. The van der Waals surface area contributed by atoms with Crippen LogP contribution in [-0.4, -0.2) is 75.3 Å². The van der Waals surface area contributed by atoms with Crippen LogP contribution in [0, 0.1) is 5.92 Å². The van der Waals surface area contributed by atoms with E-state index in [0.29, 0.717) is 22.7 Å². The SMILES string of the molecule is [2H]C([2H])([2H])NC(=O)c1nnc(NC(=O)C2CC2)cc1Nc1cccc(-c2cnn(CC(=O)NCCO)n2)c1OC. The fraction of sp³-hybridized carbons (Fsp3) is 0.348. The summed E-state index contributed by atoms with van der Waals surface area (Å²) >= 11 is 0. The van der Waals surface area contributed by atoms with E-state index >= 15 is 0 Å². The number of aromatic nitrogens is 5. The van der Waals surface area contributed by atoms with Gasteiger partial charge in [0.2, 0.25) is 11.8 Å². The minimum atomic E-state index is -2.77. The van der Waals surface area contributed by atoms with E-state index in [4.69, 9.17) is 14.0 Å². The smallest absolute Gasteiger partial charge is 0.273 e. The van der Waals surface area contributed by atoms with Gasteiger partial charge in [-0.25, -0.2) is 0 Å². The number of rotatable bonds is 11. The predicted octanol–water partition coefficient (Wildman–Crippen LogP) is 0.304. The van der Waals surface area contributed by atoms with Gasteiger partial charge in [0.15, 0.2) is 17.3 Å². The average Bonchev–Trinajstić information content (AvgIpc) is 3.65. The lowest BCUT2D eigenvalue weighted by molar-refractivity contribution is -0.122. The highest BCUT2D eigenvalue weighted by Crippen LogP contribution is 2.37. The minimum absolute atomic E-state index is 0.0579. The molecule has 1 aliphatic rings. The third kappa shape index (κ3) is 6.16. The summed E-state index contributed by atoms with van der Waals surface area (Å²) in [6.45, 7) is -3.02. The maximum absolute atomic E-state index is 12.7. The molecule has 0 spiro atoms. The van der Waals surface area contributed by atoms with E-state index in [1.807, 2.05) is 5.32 Å². The van der Waals surface area contributed by atoms with Crippen molar-refractivity contribution < 1.29 is 28.3 Å². The quantitative estimate of drug-likeness (QED) is 0.239. The standard InChI is InChI=1S/C23H27N9O5/c1-24-23(36)20-16(10-18(29-30-20)28-22(35)13-6-7-13)27-15-5-3-4-14(21(15)37-2)17-11-26-32(31-17)12-19(34)25-8-9-33/h3-5,10-11,13,33H,6-9,12H2,1-2H3,(H,24,36)(H,25,34)(H2,27,28,29,35)/i1D3. The summed E-state index contributed by atoms with van der Waals surface area (Å²) in [5.74, 6) is -1.36. The van der Waals surface area contributed by atoms with Gasteiger partial charge in [0.25, 0.3) is 5.91 Å². The molecule has 1 aliphatic carbocycles. The first-order valence-corrected chi connectivity index (χ1v) is 11.3. The van der Waals surface area contributed by atoms with Gasteiger partial charge >= 0.3 is 0 Å². The van der Waals surface area contributed by atoms with Crippen LogP contribution in [0.4, 0.5) is 17.2 Å². The predicted molar refractivity (Wildman–Crippen MR) is 132 cm³/mol. The van der Waals surface area contributed by atoms with Crippen LogP contribution in [0.2, 0.25) is 0 Å². The summed E-state index contributed by atoms with van der Waals surface area (Å²) in [4.78, 5) is 38.1. The molecule has 1 saturated carbocycles. The Hall–Kier alpha value is -4.59. The van der Waals surface area contributed by atoms with E-state index in [-0.39, 0.29) is 54.6 Å². The van der Waals surface area contributed by atoms with Gasteiger partial charge in [0.05, 0.1) is 31.3 Å². The largest absolute Gasteiger partial charge is 0.494 e. The van der Waals surface area contributed by atoms with Gasteiger partial charge in [-0.2, -0.15) is 15.0 Å². The van der Waals surface area contributed by atoms with Crippen molar-refractivity contribution in [2.45, 2.75) is 19.4 Å². The summed E-state index contributed by atoms with van der Waals surface area (Å²) in [7, 11) is 1.42. The van der Waals surface area contributed by atoms with Crippen LogP contribution < -0.4 is 26.0 Å². The van der Waals surface area contributed by atoms with Crippen molar-refractivity contribution in [1.82, 2.24) is 35.8 Å². The lowest BCUT2D eigenvalue weighted by Crippen LogP contribution is -2.30. The second-order valence-electron chi connectivity index (χ2n) is 8.05. The fourth-order valence-corrected chi connectivity index (χ4v) is 3.43. The molecule has 0 unspecified atom stereocenters. The van der Waals surface area contributed by atoms with Crippen molar-refractivity contribution in [3.8, 4) is 17.0 Å². The van der Waals surface area contributed by atoms with E-state index in [0.717, 1.165) is 12.8 Å². The number of nitrogens with one attached hydrogen (secondary N) is 4. The Labute approximate surface area is 216 Å². The van der Waals surface area contributed by atoms with Crippen molar-refractivity contribution in [1.29, 1.82) is 0 Å². The Balaban J connectivity index is 1.65. The molecule has 0 radical (unpaired) electrons. The molecule has 0 bridgehead atoms. The highest BCUT2D eigenvalue weighted by molar-refractivity contribution is 6.00. The molecule has 4 rings (SSSR count). The maximum Gasteiger partial charge on any atom is 0.273 e. The van der Waals surface area contributed by atoms with E-state index in [9.17, 15) is 14.4 Å². The molecule has 3 amide bonds. The summed E-state index contributed by atoms with van der Waals surface area (Å²) in [5.41, 5.74) is 0.953. The molecule has 1 aromatic carbocycles. The van der Waals surface area contributed by atoms with E-state index in [2.05, 4.69) is 36.3 Å². The Morgan fingerprint density at radius 2 is 2.08 bits per heavy atom. The van der Waals surface area contributed by atoms with Crippen LogP contribution in [0.1, 0.15) is 27.4 Å². The number of hydrogen-bond acceptors (Lipinski definition) is 10. The summed E-state index contributed by atoms with van der Waals surface area (Å²) in [5, 5.41) is 35.1. The van der Waals surface area contributed by atoms with Crippen molar-refractivity contribution in [2.75, 3.05) is 37.9 Å². The number of nitrogens with zero attached hydrogens (tertiary/aromatic N) is 5. The molecule has 3 aromatic rings. The lowest BCUT2D eigenvalue weighted by atomic mass is 10.1. The Morgan fingerprint density at radius 1 is 1.24 bits per heavy atom. The zero-order valence-electron chi connectivity index (χ0n) is 22.8. The molecule has 2 aromatic heterocycles. The monoisotopic (exact) mass is 512 g/mol. The second kappa shape index (κ2) is 11.4. The second-order valence-corrected chi connectivity index (χ2v) is 8.05. The summed E-state index contributed by atoms with van der Waals surface area (Å²) in [6, 6.07) is 6.40. The highest BCUT2D eigenvalue weighted by atomic mass is 16.5. The number of para-hydroxylation sites is 1. The van der Waals surface area contributed by atoms with Gasteiger partial charge in [0, 0.05) is 35.2 Å². The van der Waals surface area contributed by atoms with Crippen LogP contribution >= 0.6 is 0 Å². The number of aliphatic hydroxyl groups is 1. The van der Waals surface area contributed by atoms with Crippen molar-refractivity contribution in [3.63, 3.8) is 0 Å². The number of methoxy groups -OCH3 is 1. The first-order chi connectivity index (χ1) is 19.1. The number of ether oxygens (including phenoxy) is 1. The number of hydrogen-bond donors (Lipinski definition) is 5. The number of carbonyl (C=O) groups excluding carboxylic acids is 3. The van der Waals surface area contributed by atoms with Gasteiger partial charge in [-0.1, -0.05) is 6.07 Å². The first-order valence-electron chi connectivity index (χ1n) is 12.8. The molecule has 1 fully saturated rings. The molecule has 14 nitrogen and oxygen atoms in total. The summed E-state index contributed by atoms with van der Waals surface area (Å²) in [6.07, 6.45) is 2.98. The van der Waals surface area contributed by atoms with E-state index in [1.165, 1.54) is 24.2 Å². The third-order valence-corrected chi connectivity index (χ3v) is 5.34. The average molecular weight is 513 g/mol. The van der Waals surface area contributed by atoms with Gasteiger partial charge in [-0.15, -0.1) is 10.2 Å². The molecular formula is C23H27N9O5. The van der Waals surface area contributed by atoms with Crippen LogP contribution in [0.25, 0.3) is 11.3 Å². The first kappa shape index (κ1) is 21.7. The molecule has 0 atom stereocenters. The Morgan fingerprint density at radius 3 is 2.81 bits per heavy atom. The highest BCUT2D eigenvalue weighted by Gasteiger charge is 2.30. The molecule has 194 valence electrons. The minimum Gasteiger partial charge on any atom is -0.494 e. The van der Waals surface area contributed by atoms with Gasteiger partial charge < -0.3 is 31.1 Å². The number of anilines is 3. The molecule has 2 heterocycles. The normalized spacial score (nSPS) is 14.1. The zero-order valence-corrected chi connectivity index (χ0v) is 19.8. The lowest BCUT2D eigenvalue weighted by Gasteiger charge is -2.16. The maximum atomic E-state index is 12.7. The topological polar surface area (TPSA) is 185 Å². The van der Waals surface area contributed by atoms with Crippen LogP contribution in [0.5, 0.6) is 5.75 Å². The van der Waals surface area contributed by atoms with Crippen molar-refractivity contribution >= 4 is 34.9 Å².